The monoisotopic (exact) mass is 477 g/mol. The molecule has 5 rings (SSSR count). The summed E-state index contributed by atoms with van der Waals surface area (Å²) in [4.78, 5) is 35.0. The van der Waals surface area contributed by atoms with E-state index in [0.717, 1.165) is 16.7 Å². The van der Waals surface area contributed by atoms with Crippen LogP contribution in [0.1, 0.15) is 55.7 Å². The number of rotatable bonds is 4. The van der Waals surface area contributed by atoms with Gasteiger partial charge in [-0.05, 0) is 38.0 Å². The van der Waals surface area contributed by atoms with Gasteiger partial charge in [0.05, 0.1) is 17.1 Å². The smallest absolute Gasteiger partial charge is 0.267 e. The number of carbonyl (C=O) groups is 2. The number of piperazine rings is 1. The van der Waals surface area contributed by atoms with E-state index in [1.54, 1.807) is 17.2 Å². The Hall–Kier alpha value is -3.62. The Morgan fingerprint density at radius 1 is 1.00 bits per heavy atom. The van der Waals surface area contributed by atoms with E-state index >= 15 is 0 Å². The summed E-state index contributed by atoms with van der Waals surface area (Å²) in [5.74, 6) is 1.24. The molecule has 0 bridgehead atoms. The van der Waals surface area contributed by atoms with Gasteiger partial charge in [0.2, 0.25) is 6.10 Å². The Bertz CT molecular complexity index is 1260. The average Bonchev–Trinajstić information content (AvgIpc) is 3.31. The summed E-state index contributed by atoms with van der Waals surface area (Å²) < 4.78 is 13.4. The summed E-state index contributed by atoms with van der Waals surface area (Å²) in [6, 6.07) is 9.38. The third-order valence-corrected chi connectivity index (χ3v) is 6.56. The molecule has 4 heterocycles. The summed E-state index contributed by atoms with van der Waals surface area (Å²) in [7, 11) is 0. The summed E-state index contributed by atoms with van der Waals surface area (Å²) in [5, 5.41) is 5.25. The van der Waals surface area contributed by atoms with Crippen LogP contribution in [0.5, 0.6) is 11.5 Å². The Kier molecular flexibility index (Phi) is 6.08. The molecule has 1 saturated heterocycles. The van der Waals surface area contributed by atoms with E-state index in [0.29, 0.717) is 43.2 Å². The van der Waals surface area contributed by atoms with Crippen LogP contribution in [0.25, 0.3) is 11.0 Å². The molecule has 9 heteroatoms. The summed E-state index contributed by atoms with van der Waals surface area (Å²) in [6.07, 6.45) is 1.06. The molecule has 0 unspecified atom stereocenters. The standard InChI is InChI=1S/C26H31N5O4/c1-16(2)20-13-18(19-14-27-31(17(3)4)24(19)28-20)25(32)29-9-11-30(12-10-29)26(33)23-15-34-21-7-5-6-8-22(21)35-23/h5-8,13-14,16-17,23H,9-12,15H2,1-4H3/t23-/m1/s1. The minimum Gasteiger partial charge on any atom is -0.485 e. The minimum absolute atomic E-state index is 0.0547. The maximum Gasteiger partial charge on any atom is 0.267 e. The maximum absolute atomic E-state index is 13.6. The number of hydrogen-bond acceptors (Lipinski definition) is 6. The fourth-order valence-corrected chi connectivity index (χ4v) is 4.53. The predicted octanol–water partition coefficient (Wildman–Crippen LogP) is 3.26. The van der Waals surface area contributed by atoms with Crippen molar-refractivity contribution in [2.45, 2.75) is 45.8 Å². The Morgan fingerprint density at radius 2 is 1.69 bits per heavy atom. The zero-order valence-corrected chi connectivity index (χ0v) is 20.6. The molecule has 1 aromatic carbocycles. The molecule has 2 aliphatic heterocycles. The Morgan fingerprint density at radius 3 is 2.37 bits per heavy atom. The Balaban J connectivity index is 1.30. The lowest BCUT2D eigenvalue weighted by molar-refractivity contribution is -0.142. The third kappa shape index (κ3) is 4.31. The van der Waals surface area contributed by atoms with Gasteiger partial charge in [-0.1, -0.05) is 26.0 Å². The molecular formula is C26H31N5O4. The SMILES string of the molecule is CC(C)c1cc(C(=O)N2CCN(C(=O)[C@H]3COc4ccccc4O3)CC2)c2cnn(C(C)C)c2n1. The molecule has 0 saturated carbocycles. The van der Waals surface area contributed by atoms with Crippen molar-refractivity contribution in [1.82, 2.24) is 24.6 Å². The van der Waals surface area contributed by atoms with E-state index in [1.807, 2.05) is 47.7 Å². The molecule has 1 atom stereocenters. The van der Waals surface area contributed by atoms with Gasteiger partial charge >= 0.3 is 0 Å². The fraction of sp³-hybridized carbons (Fsp3) is 0.462. The van der Waals surface area contributed by atoms with Crippen molar-refractivity contribution in [3.05, 3.63) is 47.8 Å². The second-order valence-corrected chi connectivity index (χ2v) is 9.65. The number of carbonyl (C=O) groups excluding carboxylic acids is 2. The molecule has 2 amide bonds. The van der Waals surface area contributed by atoms with Gasteiger partial charge in [-0.3, -0.25) is 9.59 Å². The lowest BCUT2D eigenvalue weighted by Gasteiger charge is -2.37. The highest BCUT2D eigenvalue weighted by molar-refractivity contribution is 6.05. The van der Waals surface area contributed by atoms with Crippen molar-refractivity contribution in [2.75, 3.05) is 32.8 Å². The number of hydrogen-bond donors (Lipinski definition) is 0. The van der Waals surface area contributed by atoms with Gasteiger partial charge in [0.15, 0.2) is 17.1 Å². The van der Waals surface area contributed by atoms with Gasteiger partial charge in [0.25, 0.3) is 11.8 Å². The quantitative estimate of drug-likeness (QED) is 0.573. The summed E-state index contributed by atoms with van der Waals surface area (Å²) in [5.41, 5.74) is 2.22. The van der Waals surface area contributed by atoms with Gasteiger partial charge in [0.1, 0.15) is 6.61 Å². The zero-order chi connectivity index (χ0) is 24.7. The molecule has 0 spiro atoms. The molecule has 2 aromatic heterocycles. The highest BCUT2D eigenvalue weighted by atomic mass is 16.6. The van der Waals surface area contributed by atoms with Crippen LogP contribution < -0.4 is 9.47 Å². The summed E-state index contributed by atoms with van der Waals surface area (Å²) in [6.45, 7) is 10.2. The first-order valence-corrected chi connectivity index (χ1v) is 12.2. The highest BCUT2D eigenvalue weighted by Crippen LogP contribution is 2.31. The number of aromatic nitrogens is 3. The van der Waals surface area contributed by atoms with Gasteiger partial charge in [-0.25, -0.2) is 9.67 Å². The molecule has 1 fully saturated rings. The minimum atomic E-state index is -0.678. The molecular weight excluding hydrogens is 446 g/mol. The number of amides is 2. The van der Waals surface area contributed by atoms with E-state index < -0.39 is 6.10 Å². The van der Waals surface area contributed by atoms with Crippen LogP contribution >= 0.6 is 0 Å². The first kappa shape index (κ1) is 23.1. The fourth-order valence-electron chi connectivity index (χ4n) is 4.53. The van der Waals surface area contributed by atoms with Crippen LogP contribution in [0.3, 0.4) is 0 Å². The van der Waals surface area contributed by atoms with Crippen molar-refractivity contribution >= 4 is 22.8 Å². The normalized spacial score (nSPS) is 17.9. The van der Waals surface area contributed by atoms with Gasteiger partial charge in [-0.2, -0.15) is 5.10 Å². The van der Waals surface area contributed by atoms with Crippen LogP contribution in [0.15, 0.2) is 36.5 Å². The zero-order valence-electron chi connectivity index (χ0n) is 20.6. The van der Waals surface area contributed by atoms with E-state index in [-0.39, 0.29) is 30.4 Å². The molecule has 184 valence electrons. The van der Waals surface area contributed by atoms with E-state index in [4.69, 9.17) is 14.5 Å². The average molecular weight is 478 g/mol. The van der Waals surface area contributed by atoms with Crippen molar-refractivity contribution in [3.63, 3.8) is 0 Å². The predicted molar refractivity (Wildman–Crippen MR) is 131 cm³/mol. The van der Waals surface area contributed by atoms with Crippen molar-refractivity contribution in [1.29, 1.82) is 0 Å². The molecule has 0 N–H and O–H groups in total. The number of para-hydroxylation sites is 2. The lowest BCUT2D eigenvalue weighted by atomic mass is 10.0. The van der Waals surface area contributed by atoms with Crippen LogP contribution in [-0.2, 0) is 4.79 Å². The first-order valence-electron chi connectivity index (χ1n) is 12.2. The van der Waals surface area contributed by atoms with Gasteiger partial charge in [-0.15, -0.1) is 0 Å². The number of benzene rings is 1. The molecule has 35 heavy (non-hydrogen) atoms. The van der Waals surface area contributed by atoms with Crippen LogP contribution in [-0.4, -0.2) is 75.3 Å². The molecule has 2 aliphatic rings. The third-order valence-electron chi connectivity index (χ3n) is 6.56. The van der Waals surface area contributed by atoms with Crippen LogP contribution in [0, 0.1) is 0 Å². The topological polar surface area (TPSA) is 89.8 Å². The number of pyridine rings is 1. The maximum atomic E-state index is 13.6. The highest BCUT2D eigenvalue weighted by Gasteiger charge is 2.34. The molecule has 0 radical (unpaired) electrons. The first-order chi connectivity index (χ1) is 16.8. The van der Waals surface area contributed by atoms with Gasteiger partial charge < -0.3 is 19.3 Å². The van der Waals surface area contributed by atoms with Gasteiger partial charge in [0, 0.05) is 37.9 Å². The Labute approximate surface area is 204 Å². The molecule has 0 aliphatic carbocycles. The second kappa shape index (κ2) is 9.20. The van der Waals surface area contributed by atoms with E-state index in [1.165, 1.54) is 0 Å². The number of nitrogens with zero attached hydrogens (tertiary/aromatic N) is 5. The van der Waals surface area contributed by atoms with Crippen molar-refractivity contribution in [3.8, 4) is 11.5 Å². The molecule has 9 nitrogen and oxygen atoms in total. The second-order valence-electron chi connectivity index (χ2n) is 9.65. The van der Waals surface area contributed by atoms with E-state index in [2.05, 4.69) is 18.9 Å². The van der Waals surface area contributed by atoms with Crippen molar-refractivity contribution < 1.29 is 19.1 Å². The molecule has 3 aromatic rings. The van der Waals surface area contributed by atoms with Crippen LogP contribution in [0.4, 0.5) is 0 Å². The number of fused-ring (bicyclic) bond motifs is 2. The summed E-state index contributed by atoms with van der Waals surface area (Å²) >= 11 is 0. The van der Waals surface area contributed by atoms with Crippen molar-refractivity contribution in [2.24, 2.45) is 0 Å². The van der Waals surface area contributed by atoms with Crippen LogP contribution in [0.2, 0.25) is 0 Å². The largest absolute Gasteiger partial charge is 0.485 e. The lowest BCUT2D eigenvalue weighted by Crippen LogP contribution is -2.55. The number of ether oxygens (including phenoxy) is 2. The van der Waals surface area contributed by atoms with E-state index in [9.17, 15) is 9.59 Å².